The minimum absolute atomic E-state index is 0.125. The summed E-state index contributed by atoms with van der Waals surface area (Å²) in [4.78, 5) is 10.8. The summed E-state index contributed by atoms with van der Waals surface area (Å²) in [6, 6.07) is 0.241. The quantitative estimate of drug-likeness (QED) is 0.663. The van der Waals surface area contributed by atoms with Crippen molar-refractivity contribution in [3.63, 3.8) is 0 Å². The predicted molar refractivity (Wildman–Crippen MR) is 53.1 cm³/mol. The maximum absolute atomic E-state index is 10.8. The van der Waals surface area contributed by atoms with Crippen molar-refractivity contribution in [3.8, 4) is 0 Å². The van der Waals surface area contributed by atoms with Crippen molar-refractivity contribution < 1.29 is 9.90 Å². The predicted octanol–water partition coefficient (Wildman–Crippen LogP) is 1.23. The first-order valence-electron chi connectivity index (χ1n) is 5.06. The second-order valence-electron chi connectivity index (χ2n) is 5.05. The van der Waals surface area contributed by atoms with E-state index in [1.807, 2.05) is 0 Å². The Balaban J connectivity index is 2.11. The number of nitrogens with one attached hydrogen (secondary N) is 1. The van der Waals surface area contributed by atoms with Gasteiger partial charge in [-0.3, -0.25) is 0 Å². The molecule has 0 aromatic rings. The third-order valence-electron chi connectivity index (χ3n) is 3.31. The van der Waals surface area contributed by atoms with Gasteiger partial charge in [0.05, 0.1) is 6.04 Å². The van der Waals surface area contributed by atoms with Gasteiger partial charge < -0.3 is 10.5 Å². The van der Waals surface area contributed by atoms with Gasteiger partial charge in [0.15, 0.2) is 0 Å². The number of carbonyl (C=O) groups is 1. The van der Waals surface area contributed by atoms with E-state index in [2.05, 4.69) is 24.4 Å². The van der Waals surface area contributed by atoms with Gasteiger partial charge in [-0.25, -0.2) is 4.79 Å². The average molecular weight is 196 g/mol. The molecule has 0 unspecified atom stereocenters. The van der Waals surface area contributed by atoms with Gasteiger partial charge in [0, 0.05) is 5.92 Å². The van der Waals surface area contributed by atoms with Gasteiger partial charge in [-0.05, 0) is 24.7 Å². The molecule has 1 saturated carbocycles. The van der Waals surface area contributed by atoms with Gasteiger partial charge in [-0.1, -0.05) is 13.8 Å². The number of hydrazone groups is 1. The zero-order valence-electron chi connectivity index (χ0n) is 8.58. The Morgan fingerprint density at radius 3 is 3.00 bits per heavy atom. The van der Waals surface area contributed by atoms with E-state index < -0.39 is 5.97 Å². The third kappa shape index (κ3) is 1.49. The standard InChI is InChI=1S/C10H16N2O2/c1-10(2)4-3-6-7(5-10)11-12-8(6)9(13)14/h6-7,11H,3-5H2,1-2H3,(H,13,14)/t6-,7+/m1/s1. The number of rotatable bonds is 1. The summed E-state index contributed by atoms with van der Waals surface area (Å²) in [5.74, 6) is -0.745. The molecule has 0 amide bonds. The topological polar surface area (TPSA) is 61.7 Å². The van der Waals surface area contributed by atoms with Crippen molar-refractivity contribution in [3.05, 3.63) is 0 Å². The third-order valence-corrected chi connectivity index (χ3v) is 3.31. The minimum atomic E-state index is -0.871. The van der Waals surface area contributed by atoms with Crippen LogP contribution in [0, 0.1) is 11.3 Å². The van der Waals surface area contributed by atoms with E-state index in [-0.39, 0.29) is 12.0 Å². The molecule has 2 rings (SSSR count). The fourth-order valence-electron chi connectivity index (χ4n) is 2.49. The fraction of sp³-hybridized carbons (Fsp3) is 0.800. The van der Waals surface area contributed by atoms with Gasteiger partial charge in [-0.15, -0.1) is 0 Å². The molecule has 1 heterocycles. The monoisotopic (exact) mass is 196 g/mol. The highest BCUT2D eigenvalue weighted by Gasteiger charge is 2.42. The van der Waals surface area contributed by atoms with Crippen LogP contribution in [0.4, 0.5) is 0 Å². The van der Waals surface area contributed by atoms with Crippen LogP contribution < -0.4 is 5.43 Å². The first-order valence-corrected chi connectivity index (χ1v) is 5.06. The summed E-state index contributed by atoms with van der Waals surface area (Å²) >= 11 is 0. The molecule has 4 heteroatoms. The van der Waals surface area contributed by atoms with E-state index in [0.717, 1.165) is 19.3 Å². The number of carboxylic acids is 1. The van der Waals surface area contributed by atoms with E-state index in [1.165, 1.54) is 0 Å². The molecule has 78 valence electrons. The van der Waals surface area contributed by atoms with Gasteiger partial charge in [0.1, 0.15) is 5.71 Å². The molecule has 0 radical (unpaired) electrons. The van der Waals surface area contributed by atoms with Crippen molar-refractivity contribution in [2.45, 2.75) is 39.2 Å². The van der Waals surface area contributed by atoms with Crippen molar-refractivity contribution in [2.75, 3.05) is 0 Å². The maximum atomic E-state index is 10.8. The zero-order chi connectivity index (χ0) is 10.3. The van der Waals surface area contributed by atoms with E-state index >= 15 is 0 Å². The molecular weight excluding hydrogens is 180 g/mol. The van der Waals surface area contributed by atoms with Crippen LogP contribution in [0.3, 0.4) is 0 Å². The Bertz CT molecular complexity index is 296. The lowest BCUT2D eigenvalue weighted by molar-refractivity contribution is -0.129. The molecular formula is C10H16N2O2. The molecule has 1 aliphatic heterocycles. The number of hydrogen-bond acceptors (Lipinski definition) is 3. The molecule has 0 saturated heterocycles. The van der Waals surface area contributed by atoms with Crippen LogP contribution in [0.25, 0.3) is 0 Å². The van der Waals surface area contributed by atoms with Crippen LogP contribution in [-0.2, 0) is 4.79 Å². The van der Waals surface area contributed by atoms with Crippen molar-refractivity contribution in [2.24, 2.45) is 16.4 Å². The highest BCUT2D eigenvalue weighted by Crippen LogP contribution is 2.40. The summed E-state index contributed by atoms with van der Waals surface area (Å²) in [6.07, 6.45) is 3.04. The molecule has 2 N–H and O–H groups in total. The smallest absolute Gasteiger partial charge is 0.352 e. The van der Waals surface area contributed by atoms with Crippen LogP contribution in [0.5, 0.6) is 0 Å². The molecule has 14 heavy (non-hydrogen) atoms. The zero-order valence-corrected chi connectivity index (χ0v) is 8.58. The molecule has 2 atom stereocenters. The van der Waals surface area contributed by atoms with Gasteiger partial charge >= 0.3 is 5.97 Å². The number of hydrogen-bond donors (Lipinski definition) is 2. The van der Waals surface area contributed by atoms with E-state index in [9.17, 15) is 4.79 Å². The molecule has 0 bridgehead atoms. The Morgan fingerprint density at radius 1 is 1.64 bits per heavy atom. The normalized spacial score (nSPS) is 34.3. The van der Waals surface area contributed by atoms with Crippen molar-refractivity contribution in [1.82, 2.24) is 5.43 Å². The lowest BCUT2D eigenvalue weighted by Gasteiger charge is -2.36. The molecule has 1 fully saturated rings. The second kappa shape index (κ2) is 2.97. The average Bonchev–Trinajstić information content (AvgIpc) is 2.44. The van der Waals surface area contributed by atoms with Crippen molar-refractivity contribution >= 4 is 11.7 Å². The molecule has 2 aliphatic rings. The fourth-order valence-corrected chi connectivity index (χ4v) is 2.49. The van der Waals surface area contributed by atoms with Gasteiger partial charge in [-0.2, -0.15) is 5.10 Å². The Labute approximate surface area is 83.4 Å². The minimum Gasteiger partial charge on any atom is -0.477 e. The SMILES string of the molecule is CC1(C)CC[C@H]2C(C(=O)O)=NN[C@H]2C1. The van der Waals surface area contributed by atoms with Crippen LogP contribution in [-0.4, -0.2) is 22.8 Å². The van der Waals surface area contributed by atoms with Crippen LogP contribution in [0.15, 0.2) is 5.10 Å². The molecule has 0 spiro atoms. The van der Waals surface area contributed by atoms with Crippen LogP contribution >= 0.6 is 0 Å². The summed E-state index contributed by atoms with van der Waals surface area (Å²) in [6.45, 7) is 4.45. The lowest BCUT2D eigenvalue weighted by atomic mass is 9.69. The Kier molecular flexibility index (Phi) is 2.01. The highest BCUT2D eigenvalue weighted by molar-refractivity contribution is 6.37. The number of aliphatic carboxylic acids is 1. The Hall–Kier alpha value is -1.06. The molecule has 0 aromatic heterocycles. The van der Waals surface area contributed by atoms with E-state index in [1.54, 1.807) is 0 Å². The van der Waals surface area contributed by atoms with E-state index in [0.29, 0.717) is 11.1 Å². The maximum Gasteiger partial charge on any atom is 0.352 e. The molecule has 0 aromatic carbocycles. The van der Waals surface area contributed by atoms with Gasteiger partial charge in [0.25, 0.3) is 0 Å². The summed E-state index contributed by atoms with van der Waals surface area (Å²) < 4.78 is 0. The first-order chi connectivity index (χ1) is 6.49. The number of carboxylic acid groups (broad SMARTS) is 1. The summed E-state index contributed by atoms with van der Waals surface area (Å²) in [5.41, 5.74) is 3.59. The van der Waals surface area contributed by atoms with Crippen LogP contribution in [0.1, 0.15) is 33.1 Å². The number of nitrogens with zero attached hydrogens (tertiary/aromatic N) is 1. The van der Waals surface area contributed by atoms with Crippen molar-refractivity contribution in [1.29, 1.82) is 0 Å². The van der Waals surface area contributed by atoms with E-state index in [4.69, 9.17) is 5.11 Å². The highest BCUT2D eigenvalue weighted by atomic mass is 16.4. The molecule has 1 aliphatic carbocycles. The summed E-state index contributed by atoms with van der Waals surface area (Å²) in [7, 11) is 0. The largest absolute Gasteiger partial charge is 0.477 e. The first kappa shape index (κ1) is 9.49. The lowest BCUT2D eigenvalue weighted by Crippen LogP contribution is -2.40. The second-order valence-corrected chi connectivity index (χ2v) is 5.05. The van der Waals surface area contributed by atoms with Crippen LogP contribution in [0.2, 0.25) is 0 Å². The molecule has 4 nitrogen and oxygen atoms in total. The summed E-state index contributed by atoms with van der Waals surface area (Å²) in [5, 5.41) is 12.8. The Morgan fingerprint density at radius 2 is 2.36 bits per heavy atom. The van der Waals surface area contributed by atoms with Gasteiger partial charge in [0.2, 0.25) is 0 Å². The number of fused-ring (bicyclic) bond motifs is 1.